The smallest absolute Gasteiger partial charge is 0.118 e. The molecule has 0 amide bonds. The number of halogens is 1. The largest absolute Gasteiger partial charge is 0.497 e. The second-order valence-corrected chi connectivity index (χ2v) is 3.45. The molecule has 0 aliphatic carbocycles. The summed E-state index contributed by atoms with van der Waals surface area (Å²) in [6, 6.07) is 8.27. The van der Waals surface area contributed by atoms with E-state index in [2.05, 4.69) is 26.0 Å². The number of hydrogen-bond acceptors (Lipinski definition) is 2. The molecule has 0 bridgehead atoms. The van der Waals surface area contributed by atoms with Gasteiger partial charge < -0.3 is 10.9 Å². The van der Waals surface area contributed by atoms with E-state index in [4.69, 9.17) is 4.74 Å². The molecule has 3 heteroatoms. The van der Waals surface area contributed by atoms with Crippen molar-refractivity contribution in [2.45, 2.75) is 20.3 Å². The van der Waals surface area contributed by atoms with Gasteiger partial charge in [0.15, 0.2) is 0 Å². The van der Waals surface area contributed by atoms with E-state index < -0.39 is 0 Å². The summed E-state index contributed by atoms with van der Waals surface area (Å²) in [6.07, 6.45) is 1.14. The van der Waals surface area contributed by atoms with Crippen LogP contribution in [0.15, 0.2) is 24.3 Å². The lowest BCUT2D eigenvalue weighted by molar-refractivity contribution is 0.414. The minimum Gasteiger partial charge on any atom is -0.497 e. The quantitative estimate of drug-likeness (QED) is 0.903. The zero-order valence-electron chi connectivity index (χ0n) is 9.12. The van der Waals surface area contributed by atoms with Crippen molar-refractivity contribution in [3.63, 3.8) is 0 Å². The molecule has 0 atom stereocenters. The third-order valence-electron chi connectivity index (χ3n) is 1.80. The Morgan fingerprint density at radius 3 is 2.00 bits per heavy atom. The average Bonchev–Trinajstić information content (AvgIpc) is 2.05. The standard InChI is InChI=1S/C11H16O.BrH.H3N/c1-9(2)8-10-4-6-11(12-3)7-5-10;;/h4-7,9H,8H2,1-3H3;1H;1H3. The van der Waals surface area contributed by atoms with Crippen molar-refractivity contribution < 1.29 is 4.74 Å². The molecule has 0 aliphatic heterocycles. The first-order valence-corrected chi connectivity index (χ1v) is 4.35. The Kier molecular flexibility index (Phi) is 8.89. The molecule has 1 aromatic carbocycles. The van der Waals surface area contributed by atoms with Gasteiger partial charge in [-0.05, 0) is 30.0 Å². The summed E-state index contributed by atoms with van der Waals surface area (Å²) in [4.78, 5) is 0. The first-order chi connectivity index (χ1) is 5.72. The molecule has 0 spiro atoms. The minimum atomic E-state index is 0. The zero-order chi connectivity index (χ0) is 8.97. The lowest BCUT2D eigenvalue weighted by Gasteiger charge is -2.05. The van der Waals surface area contributed by atoms with Crippen LogP contribution in [-0.2, 0) is 6.42 Å². The molecule has 0 aromatic heterocycles. The summed E-state index contributed by atoms with van der Waals surface area (Å²) < 4.78 is 5.07. The second kappa shape index (κ2) is 7.83. The highest BCUT2D eigenvalue weighted by Gasteiger charge is 1.97. The summed E-state index contributed by atoms with van der Waals surface area (Å²) in [5.41, 5.74) is 1.38. The molecule has 1 rings (SSSR count). The number of rotatable bonds is 3. The summed E-state index contributed by atoms with van der Waals surface area (Å²) >= 11 is 0. The molecular formula is C11H20BrNO. The fourth-order valence-corrected chi connectivity index (χ4v) is 1.23. The van der Waals surface area contributed by atoms with E-state index in [-0.39, 0.29) is 23.1 Å². The van der Waals surface area contributed by atoms with Gasteiger partial charge in [-0.1, -0.05) is 26.0 Å². The van der Waals surface area contributed by atoms with E-state index in [9.17, 15) is 0 Å². The Bertz CT molecular complexity index is 234. The Labute approximate surface area is 97.0 Å². The number of hydrogen-bond donors (Lipinski definition) is 1. The van der Waals surface area contributed by atoms with Gasteiger partial charge in [-0.2, -0.15) is 0 Å². The van der Waals surface area contributed by atoms with Crippen LogP contribution in [0, 0.1) is 5.92 Å². The van der Waals surface area contributed by atoms with Crippen molar-refractivity contribution in [1.82, 2.24) is 6.15 Å². The number of benzene rings is 1. The van der Waals surface area contributed by atoms with Crippen molar-refractivity contribution in [1.29, 1.82) is 0 Å². The first kappa shape index (κ1) is 15.9. The van der Waals surface area contributed by atoms with Gasteiger partial charge in [-0.25, -0.2) is 0 Å². The van der Waals surface area contributed by atoms with Gasteiger partial charge in [0.2, 0.25) is 0 Å². The molecule has 3 N–H and O–H groups in total. The predicted molar refractivity (Wildman–Crippen MR) is 66.9 cm³/mol. The lowest BCUT2D eigenvalue weighted by atomic mass is 10.0. The van der Waals surface area contributed by atoms with Crippen LogP contribution in [0.5, 0.6) is 5.75 Å². The molecule has 0 aliphatic rings. The fourth-order valence-electron chi connectivity index (χ4n) is 1.23. The first-order valence-electron chi connectivity index (χ1n) is 4.35. The van der Waals surface area contributed by atoms with Gasteiger partial charge in [0, 0.05) is 0 Å². The summed E-state index contributed by atoms with van der Waals surface area (Å²) in [5.74, 6) is 1.65. The van der Waals surface area contributed by atoms with Crippen LogP contribution < -0.4 is 10.9 Å². The van der Waals surface area contributed by atoms with Crippen LogP contribution in [0.3, 0.4) is 0 Å². The Hall–Kier alpha value is -0.540. The van der Waals surface area contributed by atoms with E-state index in [1.807, 2.05) is 12.1 Å². The van der Waals surface area contributed by atoms with E-state index >= 15 is 0 Å². The average molecular weight is 262 g/mol. The lowest BCUT2D eigenvalue weighted by Crippen LogP contribution is -1.93. The third-order valence-corrected chi connectivity index (χ3v) is 1.80. The minimum absolute atomic E-state index is 0. The fraction of sp³-hybridized carbons (Fsp3) is 0.455. The van der Waals surface area contributed by atoms with Crippen LogP contribution in [0.2, 0.25) is 0 Å². The zero-order valence-corrected chi connectivity index (χ0v) is 10.8. The maximum absolute atomic E-state index is 5.07. The van der Waals surface area contributed by atoms with E-state index in [1.165, 1.54) is 5.56 Å². The second-order valence-electron chi connectivity index (χ2n) is 3.45. The van der Waals surface area contributed by atoms with Gasteiger partial charge in [0.25, 0.3) is 0 Å². The van der Waals surface area contributed by atoms with Crippen molar-refractivity contribution >= 4 is 17.0 Å². The molecule has 0 saturated carbocycles. The van der Waals surface area contributed by atoms with Crippen molar-refractivity contribution in [3.8, 4) is 5.75 Å². The van der Waals surface area contributed by atoms with Gasteiger partial charge >= 0.3 is 0 Å². The summed E-state index contributed by atoms with van der Waals surface area (Å²) in [7, 11) is 1.69. The van der Waals surface area contributed by atoms with Crippen LogP contribution in [0.1, 0.15) is 19.4 Å². The van der Waals surface area contributed by atoms with Gasteiger partial charge in [0.05, 0.1) is 7.11 Å². The molecule has 82 valence electrons. The van der Waals surface area contributed by atoms with Gasteiger partial charge in [-0.15, -0.1) is 17.0 Å². The molecule has 14 heavy (non-hydrogen) atoms. The van der Waals surface area contributed by atoms with E-state index in [0.29, 0.717) is 0 Å². The molecule has 0 heterocycles. The Balaban J connectivity index is 0. The monoisotopic (exact) mass is 261 g/mol. The topological polar surface area (TPSA) is 44.2 Å². The highest BCUT2D eigenvalue weighted by atomic mass is 79.9. The predicted octanol–water partition coefficient (Wildman–Crippen LogP) is 3.63. The number of ether oxygens (including phenoxy) is 1. The SMILES string of the molecule is Br.COc1ccc(CC(C)C)cc1.N. The van der Waals surface area contributed by atoms with Crippen molar-refractivity contribution in [3.05, 3.63) is 29.8 Å². The molecule has 0 fully saturated rings. The normalized spacial score (nSPS) is 8.86. The van der Waals surface area contributed by atoms with Crippen LogP contribution in [-0.4, -0.2) is 7.11 Å². The van der Waals surface area contributed by atoms with Crippen molar-refractivity contribution in [2.75, 3.05) is 7.11 Å². The summed E-state index contributed by atoms with van der Waals surface area (Å²) in [5, 5.41) is 0. The molecule has 1 aromatic rings. The maximum Gasteiger partial charge on any atom is 0.118 e. The highest BCUT2D eigenvalue weighted by Crippen LogP contribution is 2.13. The Morgan fingerprint density at radius 1 is 1.14 bits per heavy atom. The molecule has 0 saturated heterocycles. The van der Waals surface area contributed by atoms with Crippen LogP contribution in [0.4, 0.5) is 0 Å². The molecule has 2 nitrogen and oxygen atoms in total. The van der Waals surface area contributed by atoms with E-state index in [0.717, 1.165) is 18.1 Å². The maximum atomic E-state index is 5.07. The van der Waals surface area contributed by atoms with Crippen LogP contribution >= 0.6 is 17.0 Å². The molecule has 0 unspecified atom stereocenters. The van der Waals surface area contributed by atoms with E-state index in [1.54, 1.807) is 7.11 Å². The van der Waals surface area contributed by atoms with Gasteiger partial charge in [0.1, 0.15) is 5.75 Å². The molecule has 0 radical (unpaired) electrons. The molecular weight excluding hydrogens is 242 g/mol. The third kappa shape index (κ3) is 5.25. The summed E-state index contributed by atoms with van der Waals surface area (Å²) in [6.45, 7) is 4.45. The van der Waals surface area contributed by atoms with Gasteiger partial charge in [-0.3, -0.25) is 0 Å². The van der Waals surface area contributed by atoms with Crippen LogP contribution in [0.25, 0.3) is 0 Å². The Morgan fingerprint density at radius 2 is 1.64 bits per heavy atom. The van der Waals surface area contributed by atoms with Crippen molar-refractivity contribution in [2.24, 2.45) is 5.92 Å². The number of methoxy groups -OCH3 is 1. The highest BCUT2D eigenvalue weighted by molar-refractivity contribution is 8.93.